The largest absolute Gasteiger partial charge is 0.322 e. The zero-order valence-corrected chi connectivity index (χ0v) is 16.1. The van der Waals surface area contributed by atoms with Crippen LogP contribution in [0.4, 0.5) is 0 Å². The predicted octanol–water partition coefficient (Wildman–Crippen LogP) is 5.22. The fourth-order valence-corrected chi connectivity index (χ4v) is 3.95. The lowest BCUT2D eigenvalue weighted by Crippen LogP contribution is -2.26. The van der Waals surface area contributed by atoms with Gasteiger partial charge in [0.1, 0.15) is 5.82 Å². The number of benzene rings is 2. The molecule has 25 heavy (non-hydrogen) atoms. The van der Waals surface area contributed by atoms with Gasteiger partial charge in [-0.3, -0.25) is 4.90 Å². The molecule has 2 heterocycles. The van der Waals surface area contributed by atoms with Gasteiger partial charge in [0.05, 0.1) is 17.6 Å². The second kappa shape index (κ2) is 7.71. The van der Waals surface area contributed by atoms with Crippen LogP contribution in [0.2, 0.25) is 0 Å². The molecule has 3 aromatic rings. The van der Waals surface area contributed by atoms with Crippen LogP contribution >= 0.6 is 15.9 Å². The molecule has 0 N–H and O–H groups in total. The van der Waals surface area contributed by atoms with Crippen LogP contribution in [0.1, 0.15) is 37.1 Å². The molecule has 0 spiro atoms. The van der Waals surface area contributed by atoms with Crippen molar-refractivity contribution in [3.05, 3.63) is 64.4 Å². The lowest BCUT2D eigenvalue weighted by atomic mass is 10.2. The maximum atomic E-state index is 4.96. The first-order valence-corrected chi connectivity index (χ1v) is 10.00. The van der Waals surface area contributed by atoms with E-state index in [0.717, 1.165) is 23.1 Å². The van der Waals surface area contributed by atoms with Gasteiger partial charge in [0.25, 0.3) is 0 Å². The van der Waals surface area contributed by atoms with Gasteiger partial charge in [0.2, 0.25) is 0 Å². The van der Waals surface area contributed by atoms with E-state index in [4.69, 9.17) is 4.98 Å². The first-order chi connectivity index (χ1) is 12.3. The van der Waals surface area contributed by atoms with E-state index in [2.05, 4.69) is 73.9 Å². The monoisotopic (exact) mass is 397 g/mol. The number of likely N-dealkylation sites (tertiary alicyclic amines) is 1. The van der Waals surface area contributed by atoms with E-state index in [1.807, 2.05) is 0 Å². The third-order valence-electron chi connectivity index (χ3n) is 5.05. The maximum Gasteiger partial charge on any atom is 0.124 e. The van der Waals surface area contributed by atoms with E-state index in [1.54, 1.807) is 0 Å². The van der Waals surface area contributed by atoms with Crippen molar-refractivity contribution in [2.24, 2.45) is 0 Å². The molecule has 0 bridgehead atoms. The standard InChI is InChI=1S/C21H24BrN3/c22-18-11-9-17(10-12-18)15-25-20-8-4-3-7-19(20)23-21(25)16-24-13-5-1-2-6-14-24/h3-4,7-12H,1-2,5-6,13-16H2. The number of halogens is 1. The van der Waals surface area contributed by atoms with Gasteiger partial charge in [-0.25, -0.2) is 4.98 Å². The van der Waals surface area contributed by atoms with E-state index in [0.29, 0.717) is 0 Å². The molecule has 1 fully saturated rings. The minimum absolute atomic E-state index is 0.872. The zero-order chi connectivity index (χ0) is 17.1. The average molecular weight is 398 g/mol. The van der Waals surface area contributed by atoms with Crippen LogP contribution in [0.5, 0.6) is 0 Å². The Balaban J connectivity index is 1.66. The Morgan fingerprint density at radius 3 is 2.32 bits per heavy atom. The highest BCUT2D eigenvalue weighted by Gasteiger charge is 2.16. The summed E-state index contributed by atoms with van der Waals surface area (Å²) in [5, 5.41) is 0. The zero-order valence-electron chi connectivity index (χ0n) is 14.5. The van der Waals surface area contributed by atoms with Gasteiger partial charge in [-0.1, -0.05) is 53.0 Å². The molecule has 0 saturated carbocycles. The summed E-state index contributed by atoms with van der Waals surface area (Å²) in [7, 11) is 0. The summed E-state index contributed by atoms with van der Waals surface area (Å²) >= 11 is 3.52. The molecular weight excluding hydrogens is 374 g/mol. The van der Waals surface area contributed by atoms with Crippen molar-refractivity contribution in [2.75, 3.05) is 13.1 Å². The summed E-state index contributed by atoms with van der Waals surface area (Å²) in [4.78, 5) is 7.54. The quantitative estimate of drug-likeness (QED) is 0.601. The molecule has 1 aliphatic rings. The Morgan fingerprint density at radius 1 is 0.840 bits per heavy atom. The highest BCUT2D eigenvalue weighted by atomic mass is 79.9. The van der Waals surface area contributed by atoms with E-state index in [9.17, 15) is 0 Å². The molecule has 3 nitrogen and oxygen atoms in total. The van der Waals surface area contributed by atoms with Crippen LogP contribution < -0.4 is 0 Å². The highest BCUT2D eigenvalue weighted by Crippen LogP contribution is 2.21. The van der Waals surface area contributed by atoms with E-state index in [1.165, 1.54) is 55.7 Å². The molecule has 0 radical (unpaired) electrons. The molecule has 130 valence electrons. The van der Waals surface area contributed by atoms with Gasteiger partial charge in [0.15, 0.2) is 0 Å². The van der Waals surface area contributed by atoms with Gasteiger partial charge in [-0.05, 0) is 55.8 Å². The van der Waals surface area contributed by atoms with E-state index < -0.39 is 0 Å². The second-order valence-electron chi connectivity index (χ2n) is 6.92. The lowest BCUT2D eigenvalue weighted by molar-refractivity contribution is 0.267. The van der Waals surface area contributed by atoms with Gasteiger partial charge in [-0.15, -0.1) is 0 Å². The Hall–Kier alpha value is -1.65. The van der Waals surface area contributed by atoms with Crippen molar-refractivity contribution in [3.63, 3.8) is 0 Å². The third-order valence-corrected chi connectivity index (χ3v) is 5.58. The molecule has 1 saturated heterocycles. The summed E-state index contributed by atoms with van der Waals surface area (Å²) in [6.45, 7) is 4.21. The first kappa shape index (κ1) is 16.8. The fourth-order valence-electron chi connectivity index (χ4n) is 3.69. The van der Waals surface area contributed by atoms with Crippen LogP contribution in [0, 0.1) is 0 Å². The van der Waals surface area contributed by atoms with Crippen molar-refractivity contribution >= 4 is 27.0 Å². The number of nitrogens with zero attached hydrogens (tertiary/aromatic N) is 3. The molecule has 0 unspecified atom stereocenters. The van der Waals surface area contributed by atoms with Crippen LogP contribution in [0.3, 0.4) is 0 Å². The molecule has 4 rings (SSSR count). The highest BCUT2D eigenvalue weighted by molar-refractivity contribution is 9.10. The SMILES string of the molecule is Brc1ccc(Cn2c(CN3CCCCCC3)nc3ccccc32)cc1. The molecule has 0 atom stereocenters. The number of hydrogen-bond acceptors (Lipinski definition) is 2. The number of fused-ring (bicyclic) bond motifs is 1. The topological polar surface area (TPSA) is 21.1 Å². The Labute approximate surface area is 157 Å². The van der Waals surface area contributed by atoms with Crippen LogP contribution in [-0.4, -0.2) is 27.5 Å². The minimum atomic E-state index is 0.872. The number of aromatic nitrogens is 2. The van der Waals surface area contributed by atoms with E-state index in [-0.39, 0.29) is 0 Å². The Morgan fingerprint density at radius 2 is 1.56 bits per heavy atom. The Bertz CT molecular complexity index is 830. The smallest absolute Gasteiger partial charge is 0.124 e. The molecule has 1 aliphatic heterocycles. The summed E-state index contributed by atoms with van der Waals surface area (Å²) in [6, 6.07) is 17.1. The minimum Gasteiger partial charge on any atom is -0.322 e. The summed E-state index contributed by atoms with van der Waals surface area (Å²) in [6.07, 6.45) is 5.36. The molecule has 4 heteroatoms. The molecule has 1 aromatic heterocycles. The summed E-state index contributed by atoms with van der Waals surface area (Å²) in [5.41, 5.74) is 3.64. The number of para-hydroxylation sites is 2. The number of imidazole rings is 1. The number of rotatable bonds is 4. The van der Waals surface area contributed by atoms with Crippen LogP contribution in [-0.2, 0) is 13.1 Å². The molecule has 2 aromatic carbocycles. The van der Waals surface area contributed by atoms with Gasteiger partial charge < -0.3 is 4.57 Å². The van der Waals surface area contributed by atoms with E-state index >= 15 is 0 Å². The third kappa shape index (κ3) is 3.96. The lowest BCUT2D eigenvalue weighted by Gasteiger charge is -2.20. The van der Waals surface area contributed by atoms with Crippen molar-refractivity contribution in [1.82, 2.24) is 14.5 Å². The Kier molecular flexibility index (Phi) is 5.18. The normalized spacial score (nSPS) is 16.2. The molecular formula is C21H24BrN3. The van der Waals surface area contributed by atoms with Crippen molar-refractivity contribution in [1.29, 1.82) is 0 Å². The number of hydrogen-bond donors (Lipinski definition) is 0. The van der Waals surface area contributed by atoms with Crippen molar-refractivity contribution in [3.8, 4) is 0 Å². The summed E-state index contributed by atoms with van der Waals surface area (Å²) in [5.74, 6) is 1.19. The fraction of sp³-hybridized carbons (Fsp3) is 0.381. The van der Waals surface area contributed by atoms with Gasteiger partial charge in [-0.2, -0.15) is 0 Å². The maximum absolute atomic E-state index is 4.96. The molecule has 0 amide bonds. The van der Waals surface area contributed by atoms with Crippen molar-refractivity contribution < 1.29 is 0 Å². The molecule has 0 aliphatic carbocycles. The van der Waals surface area contributed by atoms with Gasteiger partial charge in [0, 0.05) is 11.0 Å². The average Bonchev–Trinajstić information content (AvgIpc) is 2.79. The second-order valence-corrected chi connectivity index (χ2v) is 7.84. The van der Waals surface area contributed by atoms with Crippen LogP contribution in [0.25, 0.3) is 11.0 Å². The van der Waals surface area contributed by atoms with Crippen molar-refractivity contribution in [2.45, 2.75) is 38.8 Å². The first-order valence-electron chi connectivity index (χ1n) is 9.20. The summed E-state index contributed by atoms with van der Waals surface area (Å²) < 4.78 is 3.51. The van der Waals surface area contributed by atoms with Gasteiger partial charge >= 0.3 is 0 Å². The van der Waals surface area contributed by atoms with Crippen LogP contribution in [0.15, 0.2) is 53.0 Å². The predicted molar refractivity (Wildman–Crippen MR) is 107 cm³/mol.